The first-order valence-corrected chi connectivity index (χ1v) is 5.04. The van der Waals surface area contributed by atoms with Crippen molar-refractivity contribution in [2.45, 2.75) is 6.42 Å². The van der Waals surface area contributed by atoms with Crippen LogP contribution in [-0.4, -0.2) is 10.9 Å². The van der Waals surface area contributed by atoms with Crippen molar-refractivity contribution in [2.75, 3.05) is 0 Å². The molecule has 0 fully saturated rings. The first-order valence-electron chi connectivity index (χ1n) is 6.04. The van der Waals surface area contributed by atoms with Gasteiger partial charge in [-0.15, -0.1) is 0 Å². The van der Waals surface area contributed by atoms with Crippen molar-refractivity contribution in [3.05, 3.63) is 64.7 Å². The summed E-state index contributed by atoms with van der Waals surface area (Å²) in [6.45, 7) is 0. The van der Waals surface area contributed by atoms with Crippen LogP contribution in [0.15, 0.2) is 42.4 Å². The Morgan fingerprint density at radius 2 is 2.00 bits per heavy atom. The van der Waals surface area contributed by atoms with Crippen LogP contribution in [-0.2, 0) is 6.42 Å². The summed E-state index contributed by atoms with van der Waals surface area (Å²) < 4.78 is 15.4. The highest BCUT2D eigenvalue weighted by atomic mass is 16.3. The number of carbonyl (C=O) groups is 1. The molecule has 1 N–H and O–H groups in total. The molecule has 0 heterocycles. The molecule has 0 unspecified atom stereocenters. The van der Waals surface area contributed by atoms with Crippen LogP contribution in [0.25, 0.3) is 0 Å². The highest BCUT2D eigenvalue weighted by molar-refractivity contribution is 6.13. The number of fused-ring (bicyclic) bond motifs is 2. The number of hydrogen-bond donors (Lipinski definition) is 1. The Balaban J connectivity index is 2.29. The molecule has 1 aliphatic carbocycles. The summed E-state index contributed by atoms with van der Waals surface area (Å²) in [5, 5.41) is 9.85. The van der Waals surface area contributed by atoms with Crippen molar-refractivity contribution in [3.63, 3.8) is 0 Å². The first kappa shape index (κ1) is 7.23. The lowest BCUT2D eigenvalue weighted by atomic mass is 9.85. The standard InChI is InChI=1S/C14H10O2/c15-12-7-3-5-10-8-9-4-1-2-6-11(9)14(16)13(10)12/h1-7,15H,8H2/i4D,7D. The van der Waals surface area contributed by atoms with E-state index in [1.165, 1.54) is 6.07 Å². The SMILES string of the molecule is [2H]c1ccc2c(c1O)C(=O)c1cccc([2H])c1C2. The van der Waals surface area contributed by atoms with Crippen LogP contribution in [0.1, 0.15) is 29.8 Å². The Morgan fingerprint density at radius 1 is 1.12 bits per heavy atom. The molecule has 0 bridgehead atoms. The highest BCUT2D eigenvalue weighted by Gasteiger charge is 2.24. The minimum atomic E-state index is -0.299. The molecule has 0 spiro atoms. The number of carbonyl (C=O) groups excluding carboxylic acids is 1. The number of rotatable bonds is 0. The number of phenolic OH excluding ortho intramolecular Hbond substituents is 1. The predicted molar refractivity (Wildman–Crippen MR) is 60.8 cm³/mol. The van der Waals surface area contributed by atoms with Crippen molar-refractivity contribution in [3.8, 4) is 5.75 Å². The minimum Gasteiger partial charge on any atom is -0.507 e. The van der Waals surface area contributed by atoms with E-state index < -0.39 is 0 Å². The van der Waals surface area contributed by atoms with E-state index in [-0.39, 0.29) is 23.1 Å². The molecule has 2 aromatic carbocycles. The average molecular weight is 212 g/mol. The average Bonchev–Trinajstić information content (AvgIpc) is 2.35. The van der Waals surface area contributed by atoms with Crippen molar-refractivity contribution in [2.24, 2.45) is 0 Å². The molecule has 0 aliphatic heterocycles. The second-order valence-electron chi connectivity index (χ2n) is 3.79. The van der Waals surface area contributed by atoms with Gasteiger partial charge in [-0.1, -0.05) is 36.4 Å². The van der Waals surface area contributed by atoms with E-state index in [1.54, 1.807) is 24.3 Å². The summed E-state index contributed by atoms with van der Waals surface area (Å²) in [7, 11) is 0. The number of aromatic hydroxyl groups is 1. The highest BCUT2D eigenvalue weighted by Crippen LogP contribution is 2.31. The van der Waals surface area contributed by atoms with Gasteiger partial charge >= 0.3 is 0 Å². The second kappa shape index (κ2) is 3.20. The Bertz CT molecular complexity index is 678. The van der Waals surface area contributed by atoms with Crippen molar-refractivity contribution in [1.29, 1.82) is 0 Å². The van der Waals surface area contributed by atoms with Gasteiger partial charge in [-0.05, 0) is 23.6 Å². The fourth-order valence-corrected chi connectivity index (χ4v) is 2.08. The van der Waals surface area contributed by atoms with Gasteiger partial charge in [0.15, 0.2) is 5.78 Å². The summed E-state index contributed by atoms with van der Waals surface area (Å²) in [4.78, 5) is 12.3. The van der Waals surface area contributed by atoms with E-state index in [9.17, 15) is 9.90 Å². The van der Waals surface area contributed by atoms with Crippen LogP contribution >= 0.6 is 0 Å². The maximum atomic E-state index is 12.3. The monoisotopic (exact) mass is 212 g/mol. The molecular weight excluding hydrogens is 200 g/mol. The summed E-state index contributed by atoms with van der Waals surface area (Å²) in [5.74, 6) is -0.564. The summed E-state index contributed by atoms with van der Waals surface area (Å²) in [6, 6.07) is 8.40. The molecule has 78 valence electrons. The molecule has 0 saturated heterocycles. The van der Waals surface area contributed by atoms with Gasteiger partial charge in [-0.25, -0.2) is 0 Å². The molecule has 0 saturated carbocycles. The van der Waals surface area contributed by atoms with Crippen molar-refractivity contribution in [1.82, 2.24) is 0 Å². The number of benzene rings is 2. The Labute approximate surface area is 96.0 Å². The lowest BCUT2D eigenvalue weighted by Crippen LogP contribution is -2.14. The molecule has 16 heavy (non-hydrogen) atoms. The topological polar surface area (TPSA) is 37.3 Å². The Hall–Kier alpha value is -2.09. The van der Waals surface area contributed by atoms with Gasteiger partial charge in [0.2, 0.25) is 0 Å². The fourth-order valence-electron chi connectivity index (χ4n) is 2.08. The van der Waals surface area contributed by atoms with E-state index in [0.29, 0.717) is 29.2 Å². The number of phenols is 1. The van der Waals surface area contributed by atoms with Crippen LogP contribution < -0.4 is 0 Å². The largest absolute Gasteiger partial charge is 0.507 e. The molecule has 3 rings (SSSR count). The maximum absolute atomic E-state index is 12.3. The van der Waals surface area contributed by atoms with Crippen LogP contribution in [0, 0.1) is 0 Å². The molecule has 0 amide bonds. The number of hydrogen-bond acceptors (Lipinski definition) is 2. The predicted octanol–water partition coefficient (Wildman–Crippen LogP) is 2.53. The van der Waals surface area contributed by atoms with Gasteiger partial charge in [-0.3, -0.25) is 4.79 Å². The molecule has 1 aliphatic rings. The van der Waals surface area contributed by atoms with E-state index >= 15 is 0 Å². The molecule has 2 aromatic rings. The van der Waals surface area contributed by atoms with E-state index in [1.807, 2.05) is 0 Å². The third-order valence-electron chi connectivity index (χ3n) is 2.84. The first-order chi connectivity index (χ1) is 8.59. The maximum Gasteiger partial charge on any atom is 0.197 e. The van der Waals surface area contributed by atoms with Gasteiger partial charge in [0.1, 0.15) is 5.75 Å². The second-order valence-corrected chi connectivity index (χ2v) is 3.79. The lowest BCUT2D eigenvalue weighted by molar-refractivity contribution is 0.103. The van der Waals surface area contributed by atoms with Crippen LogP contribution in [0.4, 0.5) is 0 Å². The van der Waals surface area contributed by atoms with E-state index in [2.05, 4.69) is 0 Å². The van der Waals surface area contributed by atoms with E-state index in [0.717, 1.165) is 0 Å². The Kier molecular flexibility index (Phi) is 1.45. The fraction of sp³-hybridized carbons (Fsp3) is 0.0714. The normalized spacial score (nSPS) is 14.9. The minimum absolute atomic E-state index is 0.0485. The van der Waals surface area contributed by atoms with Gasteiger partial charge in [0.25, 0.3) is 0 Å². The van der Waals surface area contributed by atoms with Crippen LogP contribution in [0.2, 0.25) is 0 Å². The number of ketones is 1. The zero-order valence-electron chi connectivity index (χ0n) is 10.4. The third-order valence-corrected chi connectivity index (χ3v) is 2.84. The molecule has 2 heteroatoms. The third kappa shape index (κ3) is 1.16. The van der Waals surface area contributed by atoms with Crippen molar-refractivity contribution >= 4 is 5.78 Å². The molecule has 0 radical (unpaired) electrons. The molecular formula is C14H10O2. The quantitative estimate of drug-likeness (QED) is 0.621. The molecule has 2 nitrogen and oxygen atoms in total. The van der Waals surface area contributed by atoms with Crippen LogP contribution in [0.5, 0.6) is 5.75 Å². The zero-order valence-corrected chi connectivity index (χ0v) is 8.45. The van der Waals surface area contributed by atoms with Crippen molar-refractivity contribution < 1.29 is 12.6 Å². The molecule has 0 atom stereocenters. The van der Waals surface area contributed by atoms with Gasteiger partial charge < -0.3 is 5.11 Å². The van der Waals surface area contributed by atoms with Crippen LogP contribution in [0.3, 0.4) is 0 Å². The van der Waals surface area contributed by atoms with Gasteiger partial charge in [0.05, 0.1) is 8.30 Å². The zero-order chi connectivity index (χ0) is 12.9. The lowest BCUT2D eigenvalue weighted by Gasteiger charge is -2.18. The summed E-state index contributed by atoms with van der Waals surface area (Å²) in [6.07, 6.45) is 0.448. The van der Waals surface area contributed by atoms with E-state index in [4.69, 9.17) is 2.74 Å². The molecule has 0 aromatic heterocycles. The summed E-state index contributed by atoms with van der Waals surface area (Å²) in [5.41, 5.74) is 2.03. The summed E-state index contributed by atoms with van der Waals surface area (Å²) >= 11 is 0. The smallest absolute Gasteiger partial charge is 0.197 e. The van der Waals surface area contributed by atoms with Gasteiger partial charge in [0, 0.05) is 5.56 Å². The Morgan fingerprint density at radius 3 is 2.88 bits per heavy atom. The van der Waals surface area contributed by atoms with Gasteiger partial charge in [-0.2, -0.15) is 0 Å².